The zero-order chi connectivity index (χ0) is 16.5. The highest BCUT2D eigenvalue weighted by molar-refractivity contribution is 4.72. The highest BCUT2D eigenvalue weighted by atomic mass is 16.6. The standard InChI is InChI=1S/C21H38O3/c1-3-8-18(9-4-1)14-22-16-20-12-7-13-21(24-20)17-23-15-19-10-5-2-6-11-19/h18-21H,1-17H2. The predicted octanol–water partition coefficient (Wildman–Crippen LogP) is 5.12. The van der Waals surface area contributed by atoms with Crippen LogP contribution in [-0.4, -0.2) is 38.6 Å². The Hall–Kier alpha value is -0.120. The van der Waals surface area contributed by atoms with Crippen LogP contribution in [0.25, 0.3) is 0 Å². The minimum absolute atomic E-state index is 0.297. The van der Waals surface area contributed by atoms with Crippen molar-refractivity contribution in [1.82, 2.24) is 0 Å². The van der Waals surface area contributed by atoms with Crippen molar-refractivity contribution in [2.24, 2.45) is 11.8 Å². The van der Waals surface area contributed by atoms with Gasteiger partial charge < -0.3 is 14.2 Å². The van der Waals surface area contributed by atoms with Crippen molar-refractivity contribution in [2.45, 2.75) is 95.7 Å². The summed E-state index contributed by atoms with van der Waals surface area (Å²) in [6, 6.07) is 0. The Kier molecular flexibility index (Phi) is 8.38. The molecule has 0 bridgehead atoms. The third-order valence-corrected chi connectivity index (χ3v) is 6.20. The van der Waals surface area contributed by atoms with Crippen LogP contribution >= 0.6 is 0 Å². The Bertz CT molecular complexity index is 291. The van der Waals surface area contributed by atoms with Gasteiger partial charge in [0.25, 0.3) is 0 Å². The number of hydrogen-bond donors (Lipinski definition) is 0. The molecule has 2 unspecified atom stereocenters. The fourth-order valence-corrected chi connectivity index (χ4v) is 4.67. The van der Waals surface area contributed by atoms with Crippen LogP contribution in [0.1, 0.15) is 83.5 Å². The van der Waals surface area contributed by atoms with Crippen LogP contribution in [0, 0.1) is 11.8 Å². The number of ether oxygens (including phenoxy) is 3. The van der Waals surface area contributed by atoms with Crippen LogP contribution < -0.4 is 0 Å². The highest BCUT2D eigenvalue weighted by Crippen LogP contribution is 2.26. The fraction of sp³-hybridized carbons (Fsp3) is 1.00. The van der Waals surface area contributed by atoms with E-state index in [4.69, 9.17) is 14.2 Å². The lowest BCUT2D eigenvalue weighted by atomic mass is 9.90. The minimum atomic E-state index is 0.297. The third kappa shape index (κ3) is 6.65. The monoisotopic (exact) mass is 338 g/mol. The summed E-state index contributed by atoms with van der Waals surface area (Å²) in [7, 11) is 0. The molecule has 3 nitrogen and oxygen atoms in total. The number of hydrogen-bond acceptors (Lipinski definition) is 3. The van der Waals surface area contributed by atoms with E-state index < -0.39 is 0 Å². The van der Waals surface area contributed by atoms with Gasteiger partial charge in [-0.1, -0.05) is 38.5 Å². The lowest BCUT2D eigenvalue weighted by molar-refractivity contribution is -0.116. The van der Waals surface area contributed by atoms with E-state index in [1.807, 2.05) is 0 Å². The van der Waals surface area contributed by atoms with Gasteiger partial charge in [-0.25, -0.2) is 0 Å². The largest absolute Gasteiger partial charge is 0.378 e. The molecule has 0 aromatic carbocycles. The second-order valence-corrected chi connectivity index (χ2v) is 8.39. The van der Waals surface area contributed by atoms with Crippen LogP contribution in [0.3, 0.4) is 0 Å². The molecule has 3 fully saturated rings. The van der Waals surface area contributed by atoms with Gasteiger partial charge in [0.2, 0.25) is 0 Å². The predicted molar refractivity (Wildman–Crippen MR) is 97.3 cm³/mol. The van der Waals surface area contributed by atoms with Gasteiger partial charge >= 0.3 is 0 Å². The maximum absolute atomic E-state index is 6.22. The second-order valence-electron chi connectivity index (χ2n) is 8.39. The van der Waals surface area contributed by atoms with E-state index in [2.05, 4.69) is 0 Å². The van der Waals surface area contributed by atoms with Crippen LogP contribution in [0.5, 0.6) is 0 Å². The van der Waals surface area contributed by atoms with E-state index in [0.29, 0.717) is 12.2 Å². The first kappa shape index (κ1) is 18.7. The normalized spacial score (nSPS) is 30.5. The number of rotatable bonds is 8. The molecule has 2 aliphatic carbocycles. The van der Waals surface area contributed by atoms with E-state index in [1.54, 1.807) is 0 Å². The third-order valence-electron chi connectivity index (χ3n) is 6.20. The summed E-state index contributed by atoms with van der Waals surface area (Å²) in [5.74, 6) is 1.61. The Morgan fingerprint density at radius 1 is 0.500 bits per heavy atom. The van der Waals surface area contributed by atoms with E-state index in [0.717, 1.165) is 51.1 Å². The molecule has 1 heterocycles. The van der Waals surface area contributed by atoms with Crippen molar-refractivity contribution >= 4 is 0 Å². The first-order valence-corrected chi connectivity index (χ1v) is 10.7. The molecular formula is C21H38O3. The maximum Gasteiger partial charge on any atom is 0.0813 e. The molecule has 24 heavy (non-hydrogen) atoms. The first-order chi connectivity index (χ1) is 11.9. The van der Waals surface area contributed by atoms with Gasteiger partial charge in [-0.05, 0) is 56.8 Å². The lowest BCUT2D eigenvalue weighted by Gasteiger charge is -2.31. The Labute approximate surface area is 148 Å². The summed E-state index contributed by atoms with van der Waals surface area (Å²) in [6.45, 7) is 3.47. The Morgan fingerprint density at radius 3 is 1.42 bits per heavy atom. The molecule has 0 amide bonds. The molecule has 1 saturated heterocycles. The topological polar surface area (TPSA) is 27.7 Å². The molecule has 1 aliphatic heterocycles. The van der Waals surface area contributed by atoms with Gasteiger partial charge in [0, 0.05) is 13.2 Å². The molecule has 3 rings (SSSR count). The molecular weight excluding hydrogens is 300 g/mol. The molecule has 3 aliphatic rings. The summed E-state index contributed by atoms with van der Waals surface area (Å²) in [6.07, 6.45) is 18.1. The van der Waals surface area contributed by atoms with Crippen LogP contribution in [-0.2, 0) is 14.2 Å². The summed E-state index contributed by atoms with van der Waals surface area (Å²) >= 11 is 0. The zero-order valence-electron chi connectivity index (χ0n) is 15.6. The molecule has 3 heteroatoms. The molecule has 140 valence electrons. The molecule has 0 radical (unpaired) electrons. The van der Waals surface area contributed by atoms with Crippen LogP contribution in [0.4, 0.5) is 0 Å². The average molecular weight is 339 g/mol. The van der Waals surface area contributed by atoms with Crippen molar-refractivity contribution < 1.29 is 14.2 Å². The van der Waals surface area contributed by atoms with Gasteiger partial charge in [0.05, 0.1) is 25.4 Å². The van der Waals surface area contributed by atoms with Crippen molar-refractivity contribution in [2.75, 3.05) is 26.4 Å². The summed E-state index contributed by atoms with van der Waals surface area (Å²) < 4.78 is 18.2. The van der Waals surface area contributed by atoms with Crippen molar-refractivity contribution in [1.29, 1.82) is 0 Å². The second kappa shape index (κ2) is 10.8. The van der Waals surface area contributed by atoms with Crippen molar-refractivity contribution in [3.8, 4) is 0 Å². The summed E-state index contributed by atoms with van der Waals surface area (Å²) in [5, 5.41) is 0. The zero-order valence-corrected chi connectivity index (χ0v) is 15.6. The molecule has 0 aromatic rings. The van der Waals surface area contributed by atoms with Crippen LogP contribution in [0.15, 0.2) is 0 Å². The van der Waals surface area contributed by atoms with Gasteiger partial charge in [0.15, 0.2) is 0 Å². The van der Waals surface area contributed by atoms with Gasteiger partial charge in [-0.15, -0.1) is 0 Å². The molecule has 0 aromatic heterocycles. The Morgan fingerprint density at radius 2 is 0.958 bits per heavy atom. The lowest BCUT2D eigenvalue weighted by Crippen LogP contribution is -2.34. The maximum atomic E-state index is 6.22. The average Bonchev–Trinajstić information content (AvgIpc) is 2.64. The van der Waals surface area contributed by atoms with Gasteiger partial charge in [-0.2, -0.15) is 0 Å². The van der Waals surface area contributed by atoms with E-state index in [9.17, 15) is 0 Å². The highest BCUT2D eigenvalue weighted by Gasteiger charge is 2.24. The Balaban J connectivity index is 1.25. The van der Waals surface area contributed by atoms with Crippen molar-refractivity contribution in [3.05, 3.63) is 0 Å². The smallest absolute Gasteiger partial charge is 0.0813 e. The van der Waals surface area contributed by atoms with Crippen LogP contribution in [0.2, 0.25) is 0 Å². The van der Waals surface area contributed by atoms with Crippen molar-refractivity contribution in [3.63, 3.8) is 0 Å². The first-order valence-electron chi connectivity index (χ1n) is 10.7. The molecule has 0 N–H and O–H groups in total. The minimum Gasteiger partial charge on any atom is -0.378 e. The molecule has 0 spiro atoms. The van der Waals surface area contributed by atoms with E-state index >= 15 is 0 Å². The quantitative estimate of drug-likeness (QED) is 0.615. The van der Waals surface area contributed by atoms with E-state index in [-0.39, 0.29) is 0 Å². The van der Waals surface area contributed by atoms with E-state index in [1.165, 1.54) is 70.6 Å². The fourth-order valence-electron chi connectivity index (χ4n) is 4.67. The van der Waals surface area contributed by atoms with Gasteiger partial charge in [-0.3, -0.25) is 0 Å². The summed E-state index contributed by atoms with van der Waals surface area (Å²) in [4.78, 5) is 0. The molecule has 2 saturated carbocycles. The SMILES string of the molecule is C1CCC(COCC2CCCC(COCC3CCCCC3)O2)CC1. The van der Waals surface area contributed by atoms with Gasteiger partial charge in [0.1, 0.15) is 0 Å². The summed E-state index contributed by atoms with van der Waals surface area (Å²) in [5.41, 5.74) is 0. The molecule has 2 atom stereocenters.